The highest BCUT2D eigenvalue weighted by Crippen LogP contribution is 2.29. The van der Waals surface area contributed by atoms with Gasteiger partial charge in [0, 0.05) is 6.54 Å². The lowest BCUT2D eigenvalue weighted by Crippen LogP contribution is -2.32. The van der Waals surface area contributed by atoms with Crippen molar-refractivity contribution in [1.82, 2.24) is 4.31 Å². The number of nitrogens with two attached hydrogens (primary N) is 1. The molecule has 1 aromatic rings. The van der Waals surface area contributed by atoms with Crippen LogP contribution >= 0.6 is 0 Å². The molecule has 2 N–H and O–H groups in total. The molecule has 1 aromatic carbocycles. The third-order valence-electron chi connectivity index (χ3n) is 2.37. The van der Waals surface area contributed by atoms with Crippen molar-refractivity contribution in [2.75, 3.05) is 13.1 Å². The number of hydrogen-bond donors (Lipinski definition) is 1. The van der Waals surface area contributed by atoms with E-state index in [1.54, 1.807) is 36.4 Å². The van der Waals surface area contributed by atoms with Crippen LogP contribution in [-0.4, -0.2) is 32.2 Å². The molecule has 0 aromatic heterocycles. The van der Waals surface area contributed by atoms with Crippen molar-refractivity contribution >= 4 is 22.0 Å². The average Bonchev–Trinajstić information content (AvgIpc) is 2.32. The molecule has 6 heteroatoms. The van der Waals surface area contributed by atoms with Gasteiger partial charge in [-0.3, -0.25) is 4.31 Å². The normalized spacial score (nSPS) is 17.4. The van der Waals surface area contributed by atoms with E-state index in [0.29, 0.717) is 12.2 Å². The van der Waals surface area contributed by atoms with Gasteiger partial charge in [0.05, 0.1) is 12.2 Å². The van der Waals surface area contributed by atoms with Crippen molar-refractivity contribution in [2.45, 2.75) is 4.90 Å². The van der Waals surface area contributed by atoms with Gasteiger partial charge in [0.15, 0.2) is 0 Å². The maximum Gasteiger partial charge on any atom is 0.267 e. The molecule has 0 spiro atoms. The predicted molar refractivity (Wildman–Crippen MR) is 66.7 cm³/mol. The Morgan fingerprint density at radius 2 is 2.06 bits per heavy atom. The SMILES string of the molecule is NCC=CCN1C=Nc2ccccc2S1(=O)=O. The van der Waals surface area contributed by atoms with Gasteiger partial charge in [-0.1, -0.05) is 24.3 Å². The number of nitrogens with zero attached hydrogens (tertiary/aromatic N) is 2. The number of hydrogen-bond acceptors (Lipinski definition) is 4. The molecule has 5 nitrogen and oxygen atoms in total. The van der Waals surface area contributed by atoms with E-state index in [4.69, 9.17) is 5.73 Å². The van der Waals surface area contributed by atoms with E-state index in [2.05, 4.69) is 4.99 Å². The highest BCUT2D eigenvalue weighted by atomic mass is 32.2. The van der Waals surface area contributed by atoms with Gasteiger partial charge in [0.2, 0.25) is 0 Å². The molecule has 90 valence electrons. The molecule has 0 atom stereocenters. The number of benzene rings is 1. The first-order valence-electron chi connectivity index (χ1n) is 5.16. The van der Waals surface area contributed by atoms with Crippen LogP contribution < -0.4 is 5.73 Å². The van der Waals surface area contributed by atoms with Crippen molar-refractivity contribution < 1.29 is 8.42 Å². The molecule has 0 aliphatic carbocycles. The first kappa shape index (κ1) is 11.8. The smallest absolute Gasteiger partial charge is 0.267 e. The van der Waals surface area contributed by atoms with Gasteiger partial charge in [0.25, 0.3) is 10.0 Å². The number of para-hydroxylation sites is 1. The summed E-state index contributed by atoms with van der Waals surface area (Å²) in [4.78, 5) is 4.34. The van der Waals surface area contributed by atoms with Gasteiger partial charge in [-0.25, -0.2) is 13.4 Å². The zero-order valence-electron chi connectivity index (χ0n) is 9.15. The minimum atomic E-state index is -3.47. The first-order valence-corrected chi connectivity index (χ1v) is 6.60. The Kier molecular flexibility index (Phi) is 3.26. The molecule has 2 rings (SSSR count). The van der Waals surface area contributed by atoms with Gasteiger partial charge in [-0.15, -0.1) is 0 Å². The van der Waals surface area contributed by atoms with Crippen LogP contribution in [0.25, 0.3) is 0 Å². The molecule has 0 fully saturated rings. The number of rotatable bonds is 3. The second kappa shape index (κ2) is 4.68. The molecule has 0 radical (unpaired) electrons. The van der Waals surface area contributed by atoms with Gasteiger partial charge < -0.3 is 5.73 Å². The summed E-state index contributed by atoms with van der Waals surface area (Å²) in [5.74, 6) is 0. The van der Waals surface area contributed by atoms with Crippen LogP contribution in [0, 0.1) is 0 Å². The Balaban J connectivity index is 2.34. The number of aliphatic imine (C=N–C) groups is 1. The van der Waals surface area contributed by atoms with Crippen LogP contribution in [0.3, 0.4) is 0 Å². The fraction of sp³-hybridized carbons (Fsp3) is 0.182. The largest absolute Gasteiger partial charge is 0.327 e. The van der Waals surface area contributed by atoms with E-state index in [-0.39, 0.29) is 11.4 Å². The summed E-state index contributed by atoms with van der Waals surface area (Å²) in [6.07, 6.45) is 4.75. The van der Waals surface area contributed by atoms with Crippen molar-refractivity contribution in [3.8, 4) is 0 Å². The van der Waals surface area contributed by atoms with Crippen LogP contribution in [0.2, 0.25) is 0 Å². The fourth-order valence-corrected chi connectivity index (χ4v) is 2.86. The van der Waals surface area contributed by atoms with Crippen LogP contribution in [0.5, 0.6) is 0 Å². The Morgan fingerprint density at radius 1 is 1.29 bits per heavy atom. The summed E-state index contributed by atoms with van der Waals surface area (Å²) in [6, 6.07) is 6.68. The third kappa shape index (κ3) is 2.22. The number of fused-ring (bicyclic) bond motifs is 1. The summed E-state index contributed by atoms with van der Waals surface area (Å²) in [7, 11) is -3.47. The van der Waals surface area contributed by atoms with Crippen molar-refractivity contribution in [1.29, 1.82) is 0 Å². The molecule has 17 heavy (non-hydrogen) atoms. The quantitative estimate of drug-likeness (QED) is 0.810. The maximum absolute atomic E-state index is 12.2. The third-order valence-corrected chi connectivity index (χ3v) is 4.13. The lowest BCUT2D eigenvalue weighted by Gasteiger charge is -2.22. The molecule has 0 amide bonds. The van der Waals surface area contributed by atoms with Crippen LogP contribution in [-0.2, 0) is 10.0 Å². The lowest BCUT2D eigenvalue weighted by molar-refractivity contribution is 0.541. The van der Waals surface area contributed by atoms with E-state index in [1.165, 1.54) is 10.6 Å². The standard InChI is InChI=1S/C11H13N3O2S/c12-7-3-4-8-14-9-13-10-5-1-2-6-11(10)17(14,15)16/h1-6,9H,7-8,12H2. The highest BCUT2D eigenvalue weighted by Gasteiger charge is 2.27. The minimum absolute atomic E-state index is 0.239. The summed E-state index contributed by atoms with van der Waals surface area (Å²) in [5, 5.41) is 0. The second-order valence-electron chi connectivity index (χ2n) is 3.49. The Bertz CT molecular complexity index is 564. The van der Waals surface area contributed by atoms with Crippen molar-refractivity contribution in [3.05, 3.63) is 36.4 Å². The minimum Gasteiger partial charge on any atom is -0.327 e. The summed E-state index contributed by atoms with van der Waals surface area (Å²) in [5.41, 5.74) is 5.78. The highest BCUT2D eigenvalue weighted by molar-refractivity contribution is 7.89. The van der Waals surface area contributed by atoms with E-state index >= 15 is 0 Å². The molecule has 0 unspecified atom stereocenters. The first-order chi connectivity index (χ1) is 8.16. The zero-order valence-corrected chi connectivity index (χ0v) is 9.97. The Morgan fingerprint density at radius 3 is 2.82 bits per heavy atom. The molecular formula is C11H13N3O2S. The molecule has 0 bridgehead atoms. The van der Waals surface area contributed by atoms with Crippen LogP contribution in [0.15, 0.2) is 46.3 Å². The van der Waals surface area contributed by atoms with Gasteiger partial charge in [0.1, 0.15) is 11.2 Å². The van der Waals surface area contributed by atoms with Gasteiger partial charge >= 0.3 is 0 Å². The Hall–Kier alpha value is -1.66. The van der Waals surface area contributed by atoms with Crippen molar-refractivity contribution in [3.63, 3.8) is 0 Å². The molecule has 0 saturated heterocycles. The molecule has 1 aliphatic heterocycles. The molecular weight excluding hydrogens is 238 g/mol. The lowest BCUT2D eigenvalue weighted by atomic mass is 10.3. The molecule has 1 heterocycles. The predicted octanol–water partition coefficient (Wildman–Crippen LogP) is 0.866. The summed E-state index contributed by atoms with van der Waals surface area (Å²) < 4.78 is 25.5. The molecule has 1 aliphatic rings. The summed E-state index contributed by atoms with van der Waals surface area (Å²) in [6.45, 7) is 0.638. The van der Waals surface area contributed by atoms with Crippen molar-refractivity contribution in [2.24, 2.45) is 10.7 Å². The average molecular weight is 251 g/mol. The van der Waals surface area contributed by atoms with Crippen LogP contribution in [0.4, 0.5) is 5.69 Å². The van der Waals surface area contributed by atoms with Crippen LogP contribution in [0.1, 0.15) is 0 Å². The van der Waals surface area contributed by atoms with E-state index < -0.39 is 10.0 Å². The fourth-order valence-electron chi connectivity index (χ4n) is 1.52. The Labute approximate surface area is 100 Å². The monoisotopic (exact) mass is 251 g/mol. The van der Waals surface area contributed by atoms with E-state index in [1.807, 2.05) is 0 Å². The van der Waals surface area contributed by atoms with E-state index in [0.717, 1.165) is 0 Å². The summed E-state index contributed by atoms with van der Waals surface area (Å²) >= 11 is 0. The number of sulfonamides is 1. The molecule has 0 saturated carbocycles. The second-order valence-corrected chi connectivity index (χ2v) is 5.35. The topological polar surface area (TPSA) is 75.8 Å². The maximum atomic E-state index is 12.2. The van der Waals surface area contributed by atoms with Gasteiger partial charge in [-0.05, 0) is 12.1 Å². The van der Waals surface area contributed by atoms with E-state index in [9.17, 15) is 8.42 Å². The zero-order chi connectivity index (χ0) is 12.3. The van der Waals surface area contributed by atoms with Gasteiger partial charge in [-0.2, -0.15) is 0 Å².